The topological polar surface area (TPSA) is 66.9 Å². The van der Waals surface area contributed by atoms with Crippen LogP contribution >= 0.6 is 11.3 Å². The highest BCUT2D eigenvalue weighted by Crippen LogP contribution is 2.30. The molecule has 1 atom stereocenters. The molecule has 6 nitrogen and oxygen atoms in total. The van der Waals surface area contributed by atoms with Gasteiger partial charge in [0.25, 0.3) is 5.91 Å². The minimum atomic E-state index is -3.32. The second kappa shape index (κ2) is 8.45. The molecule has 0 aliphatic carbocycles. The summed E-state index contributed by atoms with van der Waals surface area (Å²) in [5.41, 5.74) is 2.22. The zero-order valence-corrected chi connectivity index (χ0v) is 18.2. The largest absolute Gasteiger partial charge is 0.376 e. The number of benzene rings is 1. The van der Waals surface area contributed by atoms with Crippen molar-refractivity contribution in [1.29, 1.82) is 0 Å². The van der Waals surface area contributed by atoms with Crippen LogP contribution < -0.4 is 4.31 Å². The van der Waals surface area contributed by atoms with E-state index in [9.17, 15) is 13.2 Å². The van der Waals surface area contributed by atoms with Gasteiger partial charge >= 0.3 is 0 Å². The number of nitrogens with zero attached hydrogens (tertiary/aromatic N) is 2. The first kappa shape index (κ1) is 20.4. The molecule has 0 bridgehead atoms. The lowest BCUT2D eigenvalue weighted by Crippen LogP contribution is -2.37. The van der Waals surface area contributed by atoms with Gasteiger partial charge in [-0.1, -0.05) is 6.07 Å². The SMILES string of the molecule is CS(=O)(=O)N1CCCc2cc(C(=O)N(Cc3cccs3)CC3CCCO3)ccc21. The van der Waals surface area contributed by atoms with Gasteiger partial charge in [0.2, 0.25) is 10.0 Å². The van der Waals surface area contributed by atoms with Crippen LogP contribution in [0.1, 0.15) is 40.1 Å². The third kappa shape index (κ3) is 4.65. The van der Waals surface area contributed by atoms with Crippen molar-refractivity contribution in [2.75, 3.05) is 30.3 Å². The van der Waals surface area contributed by atoms with E-state index in [2.05, 4.69) is 0 Å². The molecule has 0 saturated carbocycles. The van der Waals surface area contributed by atoms with E-state index in [4.69, 9.17) is 4.74 Å². The molecule has 0 N–H and O–H groups in total. The second-order valence-electron chi connectivity index (χ2n) is 7.68. The number of rotatable bonds is 6. The summed E-state index contributed by atoms with van der Waals surface area (Å²) in [6.45, 7) is 2.38. The number of aryl methyl sites for hydroxylation is 1. The number of carbonyl (C=O) groups excluding carboxylic acids is 1. The molecule has 8 heteroatoms. The second-order valence-corrected chi connectivity index (χ2v) is 10.6. The van der Waals surface area contributed by atoms with E-state index >= 15 is 0 Å². The summed E-state index contributed by atoms with van der Waals surface area (Å²) in [6.07, 6.45) is 4.85. The van der Waals surface area contributed by atoms with Gasteiger partial charge in [-0.2, -0.15) is 0 Å². The van der Waals surface area contributed by atoms with Crippen molar-refractivity contribution in [2.24, 2.45) is 0 Å². The van der Waals surface area contributed by atoms with E-state index in [1.807, 2.05) is 28.5 Å². The molecular formula is C21H26N2O4S2. The first-order valence-electron chi connectivity index (χ1n) is 9.96. The van der Waals surface area contributed by atoms with Crippen LogP contribution in [-0.2, 0) is 27.7 Å². The molecule has 2 aliphatic rings. The fourth-order valence-corrected chi connectivity index (χ4v) is 5.78. The Hall–Kier alpha value is -1.90. The molecule has 156 valence electrons. The van der Waals surface area contributed by atoms with Crippen LogP contribution in [0.15, 0.2) is 35.7 Å². The molecule has 29 heavy (non-hydrogen) atoms. The van der Waals surface area contributed by atoms with Crippen LogP contribution in [0, 0.1) is 0 Å². The van der Waals surface area contributed by atoms with Gasteiger partial charge in [0.1, 0.15) is 0 Å². The van der Waals surface area contributed by atoms with Crippen molar-refractivity contribution in [3.63, 3.8) is 0 Å². The average Bonchev–Trinajstić information content (AvgIpc) is 3.39. The highest BCUT2D eigenvalue weighted by atomic mass is 32.2. The lowest BCUT2D eigenvalue weighted by Gasteiger charge is -2.30. The molecule has 1 aromatic heterocycles. The quantitative estimate of drug-likeness (QED) is 0.700. The molecule has 0 radical (unpaired) electrons. The maximum Gasteiger partial charge on any atom is 0.254 e. The number of sulfonamides is 1. The number of ether oxygens (including phenoxy) is 1. The van der Waals surface area contributed by atoms with Crippen LogP contribution in [0.4, 0.5) is 5.69 Å². The molecule has 0 spiro atoms. The Kier molecular flexibility index (Phi) is 5.94. The normalized spacial score (nSPS) is 19.2. The van der Waals surface area contributed by atoms with Gasteiger partial charge in [0.05, 0.1) is 24.6 Å². The summed E-state index contributed by atoms with van der Waals surface area (Å²) >= 11 is 1.64. The van der Waals surface area contributed by atoms with Crippen molar-refractivity contribution in [3.05, 3.63) is 51.7 Å². The molecule has 3 heterocycles. The molecule has 1 amide bonds. The van der Waals surface area contributed by atoms with Gasteiger partial charge in [-0.15, -0.1) is 11.3 Å². The summed E-state index contributed by atoms with van der Waals surface area (Å²) in [6, 6.07) is 9.43. The third-order valence-electron chi connectivity index (χ3n) is 5.46. The van der Waals surface area contributed by atoms with Gasteiger partial charge in [-0.25, -0.2) is 8.42 Å². The van der Waals surface area contributed by atoms with E-state index in [-0.39, 0.29) is 12.0 Å². The third-order valence-corrected chi connectivity index (χ3v) is 7.51. The summed E-state index contributed by atoms with van der Waals surface area (Å²) in [4.78, 5) is 16.4. The zero-order valence-electron chi connectivity index (χ0n) is 16.5. The van der Waals surface area contributed by atoms with Gasteiger partial charge in [-0.3, -0.25) is 9.10 Å². The average molecular weight is 435 g/mol. The van der Waals surface area contributed by atoms with E-state index < -0.39 is 10.0 Å². The molecule has 4 rings (SSSR count). The predicted octanol–water partition coefficient (Wildman–Crippen LogP) is 3.28. The number of thiophene rings is 1. The van der Waals surface area contributed by atoms with Crippen LogP contribution in [0.5, 0.6) is 0 Å². The predicted molar refractivity (Wildman–Crippen MR) is 115 cm³/mol. The number of hydrogen-bond acceptors (Lipinski definition) is 5. The summed E-state index contributed by atoms with van der Waals surface area (Å²) in [7, 11) is -3.32. The summed E-state index contributed by atoms with van der Waals surface area (Å²) in [5.74, 6) is -0.0341. The number of carbonyl (C=O) groups is 1. The van der Waals surface area contributed by atoms with Gasteiger partial charge in [0, 0.05) is 30.1 Å². The van der Waals surface area contributed by atoms with Crippen molar-refractivity contribution in [3.8, 4) is 0 Å². The summed E-state index contributed by atoms with van der Waals surface area (Å²) < 4.78 is 31.4. The van der Waals surface area contributed by atoms with Crippen LogP contribution in [0.2, 0.25) is 0 Å². The first-order valence-corrected chi connectivity index (χ1v) is 12.7. The Balaban J connectivity index is 1.59. The van der Waals surface area contributed by atoms with Crippen molar-refractivity contribution in [1.82, 2.24) is 4.90 Å². The van der Waals surface area contributed by atoms with E-state index in [1.54, 1.807) is 23.5 Å². The number of amides is 1. The van der Waals surface area contributed by atoms with Crippen molar-refractivity contribution in [2.45, 2.75) is 38.3 Å². The highest BCUT2D eigenvalue weighted by molar-refractivity contribution is 7.92. The van der Waals surface area contributed by atoms with Crippen LogP contribution in [0.3, 0.4) is 0 Å². The highest BCUT2D eigenvalue weighted by Gasteiger charge is 2.27. The number of fused-ring (bicyclic) bond motifs is 1. The molecule has 2 aromatic rings. The Morgan fingerprint density at radius 3 is 2.86 bits per heavy atom. The Labute approximate surface area is 176 Å². The fraction of sp³-hybridized carbons (Fsp3) is 0.476. The van der Waals surface area contributed by atoms with Crippen molar-refractivity contribution >= 4 is 33.0 Å². The van der Waals surface area contributed by atoms with Gasteiger partial charge in [0.15, 0.2) is 0 Å². The smallest absolute Gasteiger partial charge is 0.254 e. The standard InChI is InChI=1S/C21H26N2O4S2/c1-29(25,26)23-10-2-5-16-13-17(8-9-20(16)23)21(24)22(14-18-6-3-11-27-18)15-19-7-4-12-28-19/h4,7-9,12-13,18H,2-3,5-6,10-11,14-15H2,1H3. The Morgan fingerprint density at radius 1 is 1.31 bits per heavy atom. The molecule has 2 aliphatic heterocycles. The molecule has 1 unspecified atom stereocenters. The minimum Gasteiger partial charge on any atom is -0.376 e. The van der Waals surface area contributed by atoms with Crippen LogP contribution in [0.25, 0.3) is 0 Å². The van der Waals surface area contributed by atoms with Crippen molar-refractivity contribution < 1.29 is 17.9 Å². The molecule has 1 aromatic carbocycles. The molecule has 1 saturated heterocycles. The lowest BCUT2D eigenvalue weighted by atomic mass is 10.00. The van der Waals surface area contributed by atoms with Gasteiger partial charge < -0.3 is 9.64 Å². The number of hydrogen-bond donors (Lipinski definition) is 0. The fourth-order valence-electron chi connectivity index (χ4n) is 4.07. The van der Waals surface area contributed by atoms with Crippen LogP contribution in [-0.4, -0.2) is 51.3 Å². The molecular weight excluding hydrogens is 408 g/mol. The Bertz CT molecular complexity index is 967. The zero-order chi connectivity index (χ0) is 20.4. The van der Waals surface area contributed by atoms with E-state index in [0.717, 1.165) is 42.7 Å². The Morgan fingerprint density at radius 2 is 2.17 bits per heavy atom. The van der Waals surface area contributed by atoms with Gasteiger partial charge in [-0.05, 0) is 60.9 Å². The molecule has 1 fully saturated rings. The number of anilines is 1. The minimum absolute atomic E-state index is 0.0341. The maximum atomic E-state index is 13.4. The lowest BCUT2D eigenvalue weighted by molar-refractivity contribution is 0.0509. The summed E-state index contributed by atoms with van der Waals surface area (Å²) in [5, 5.41) is 2.02. The van der Waals surface area contributed by atoms with E-state index in [0.29, 0.717) is 30.9 Å². The first-order chi connectivity index (χ1) is 13.9. The monoisotopic (exact) mass is 434 g/mol. The maximum absolute atomic E-state index is 13.4. The van der Waals surface area contributed by atoms with E-state index in [1.165, 1.54) is 10.6 Å².